The molecule has 0 radical (unpaired) electrons. The van der Waals surface area contributed by atoms with Crippen molar-refractivity contribution in [3.8, 4) is 33.2 Å². The van der Waals surface area contributed by atoms with Gasteiger partial charge in [0.1, 0.15) is 5.01 Å². The highest BCUT2D eigenvalue weighted by atomic mass is 32.1. The molecule has 5 aromatic rings. The van der Waals surface area contributed by atoms with Gasteiger partial charge in [-0.05, 0) is 36.6 Å². The fourth-order valence-corrected chi connectivity index (χ4v) is 4.43. The number of amides is 1. The Balaban J connectivity index is 1.21. The normalized spacial score (nSPS) is 10.9. The topological polar surface area (TPSA) is 68.0 Å². The van der Waals surface area contributed by atoms with E-state index in [2.05, 4.69) is 34.9 Å². The Hall–Kier alpha value is -4.03. The van der Waals surface area contributed by atoms with E-state index < -0.39 is 0 Å². The average Bonchev–Trinajstić information content (AvgIpc) is 3.56. The lowest BCUT2D eigenvalue weighted by Gasteiger charge is -2.04. The molecule has 0 fully saturated rings. The van der Waals surface area contributed by atoms with Gasteiger partial charge in [-0.25, -0.2) is 4.98 Å². The zero-order chi connectivity index (χ0) is 23.5. The zero-order valence-corrected chi connectivity index (χ0v) is 19.7. The summed E-state index contributed by atoms with van der Waals surface area (Å²) in [6.07, 6.45) is 0. The standard InChI is InChI=1S/C28H23N3O2S/c1-18-8-11-23(14-19(18)2)26-15-24(31-33-26)27(32)29-16-20-9-12-21(13-10-20)25-17-34-28(30-25)22-6-4-3-5-7-22/h3-15,17H,16H2,1-2H3,(H,29,32). The lowest BCUT2D eigenvalue weighted by molar-refractivity contribution is 0.0942. The van der Waals surface area contributed by atoms with Gasteiger partial charge in [0.05, 0.1) is 5.69 Å². The molecule has 2 aromatic heterocycles. The predicted octanol–water partition coefficient (Wildman–Crippen LogP) is 6.68. The van der Waals surface area contributed by atoms with E-state index in [-0.39, 0.29) is 11.6 Å². The van der Waals surface area contributed by atoms with Crippen molar-refractivity contribution < 1.29 is 9.32 Å². The molecular formula is C28H23N3O2S. The minimum Gasteiger partial charge on any atom is -0.355 e. The highest BCUT2D eigenvalue weighted by Gasteiger charge is 2.14. The number of hydrogen-bond donors (Lipinski definition) is 1. The Kier molecular flexibility index (Phi) is 6.06. The lowest BCUT2D eigenvalue weighted by Crippen LogP contribution is -2.22. The summed E-state index contributed by atoms with van der Waals surface area (Å²) in [4.78, 5) is 17.3. The second kappa shape index (κ2) is 9.45. The van der Waals surface area contributed by atoms with Crippen LogP contribution in [0.3, 0.4) is 0 Å². The lowest BCUT2D eigenvalue weighted by atomic mass is 10.0. The molecule has 0 unspecified atom stereocenters. The molecule has 0 aliphatic heterocycles. The van der Waals surface area contributed by atoms with Crippen LogP contribution in [-0.4, -0.2) is 16.0 Å². The molecule has 6 heteroatoms. The first kappa shape index (κ1) is 21.8. The first-order chi connectivity index (χ1) is 16.6. The number of rotatable bonds is 6. The molecule has 2 heterocycles. The van der Waals surface area contributed by atoms with E-state index in [1.807, 2.05) is 67.6 Å². The number of carbonyl (C=O) groups excluding carboxylic acids is 1. The maximum Gasteiger partial charge on any atom is 0.273 e. The van der Waals surface area contributed by atoms with Gasteiger partial charge in [0.2, 0.25) is 0 Å². The molecule has 34 heavy (non-hydrogen) atoms. The minimum atomic E-state index is -0.269. The molecule has 0 atom stereocenters. The summed E-state index contributed by atoms with van der Waals surface area (Å²) in [5, 5.41) is 9.92. The number of nitrogens with zero attached hydrogens (tertiary/aromatic N) is 2. The molecule has 0 saturated carbocycles. The van der Waals surface area contributed by atoms with Crippen molar-refractivity contribution in [1.29, 1.82) is 0 Å². The van der Waals surface area contributed by atoms with E-state index in [4.69, 9.17) is 9.51 Å². The molecule has 5 nitrogen and oxygen atoms in total. The molecule has 0 aliphatic carbocycles. The molecule has 0 saturated heterocycles. The Labute approximate surface area is 202 Å². The number of aromatic nitrogens is 2. The van der Waals surface area contributed by atoms with Gasteiger partial charge in [0.25, 0.3) is 5.91 Å². The van der Waals surface area contributed by atoms with Crippen molar-refractivity contribution in [1.82, 2.24) is 15.5 Å². The van der Waals surface area contributed by atoms with Crippen molar-refractivity contribution in [2.75, 3.05) is 0 Å². The molecule has 1 N–H and O–H groups in total. The molecule has 5 rings (SSSR count). The second-order valence-electron chi connectivity index (χ2n) is 8.16. The van der Waals surface area contributed by atoms with Gasteiger partial charge < -0.3 is 9.84 Å². The minimum absolute atomic E-state index is 0.265. The summed E-state index contributed by atoms with van der Waals surface area (Å²) in [7, 11) is 0. The Bertz CT molecular complexity index is 1440. The van der Waals surface area contributed by atoms with E-state index in [1.54, 1.807) is 17.4 Å². The third-order valence-corrected chi connectivity index (χ3v) is 6.65. The Morgan fingerprint density at radius 2 is 1.65 bits per heavy atom. The summed E-state index contributed by atoms with van der Waals surface area (Å²) >= 11 is 1.63. The fourth-order valence-electron chi connectivity index (χ4n) is 3.60. The van der Waals surface area contributed by atoms with Crippen LogP contribution in [0.25, 0.3) is 33.2 Å². The first-order valence-electron chi connectivity index (χ1n) is 11.0. The summed E-state index contributed by atoms with van der Waals surface area (Å²) in [5.74, 6) is 0.311. The van der Waals surface area contributed by atoms with Crippen LogP contribution in [0, 0.1) is 13.8 Å². The van der Waals surface area contributed by atoms with E-state index in [9.17, 15) is 4.79 Å². The smallest absolute Gasteiger partial charge is 0.273 e. The van der Waals surface area contributed by atoms with Gasteiger partial charge in [-0.15, -0.1) is 11.3 Å². The maximum absolute atomic E-state index is 12.6. The van der Waals surface area contributed by atoms with Gasteiger partial charge in [-0.3, -0.25) is 4.79 Å². The van der Waals surface area contributed by atoms with Crippen LogP contribution in [0.1, 0.15) is 27.2 Å². The van der Waals surface area contributed by atoms with Crippen molar-refractivity contribution in [3.05, 3.63) is 107 Å². The number of thiazole rings is 1. The number of nitrogens with one attached hydrogen (secondary N) is 1. The summed E-state index contributed by atoms with van der Waals surface area (Å²) in [5.41, 5.74) is 7.64. The number of carbonyl (C=O) groups is 1. The molecule has 1 amide bonds. The van der Waals surface area contributed by atoms with Crippen molar-refractivity contribution in [2.45, 2.75) is 20.4 Å². The second-order valence-corrected chi connectivity index (χ2v) is 9.02. The van der Waals surface area contributed by atoms with Crippen LogP contribution in [0.15, 0.2) is 88.8 Å². The zero-order valence-electron chi connectivity index (χ0n) is 18.9. The molecule has 0 aliphatic rings. The van der Waals surface area contributed by atoms with Crippen molar-refractivity contribution in [3.63, 3.8) is 0 Å². The fraction of sp³-hybridized carbons (Fsp3) is 0.107. The quantitative estimate of drug-likeness (QED) is 0.304. The monoisotopic (exact) mass is 465 g/mol. The SMILES string of the molecule is Cc1ccc(-c2cc(C(=O)NCc3ccc(-c4csc(-c5ccccc5)n4)cc3)no2)cc1C. The van der Waals surface area contributed by atoms with Gasteiger partial charge in [0, 0.05) is 34.7 Å². The third-order valence-electron chi connectivity index (χ3n) is 5.76. The van der Waals surface area contributed by atoms with Crippen molar-refractivity contribution in [2.24, 2.45) is 0 Å². The van der Waals surface area contributed by atoms with E-state index in [1.165, 1.54) is 5.56 Å². The van der Waals surface area contributed by atoms with Gasteiger partial charge >= 0.3 is 0 Å². The van der Waals surface area contributed by atoms with Crippen LogP contribution in [-0.2, 0) is 6.54 Å². The van der Waals surface area contributed by atoms with Gasteiger partial charge in [-0.1, -0.05) is 71.9 Å². The predicted molar refractivity (Wildman–Crippen MR) is 136 cm³/mol. The molecule has 0 spiro atoms. The Morgan fingerprint density at radius 3 is 2.41 bits per heavy atom. The summed E-state index contributed by atoms with van der Waals surface area (Å²) < 4.78 is 5.40. The third kappa shape index (κ3) is 4.67. The van der Waals surface area contributed by atoms with Crippen LogP contribution in [0.4, 0.5) is 0 Å². The van der Waals surface area contributed by atoms with Gasteiger partial charge in [-0.2, -0.15) is 0 Å². The van der Waals surface area contributed by atoms with Crippen LogP contribution in [0.5, 0.6) is 0 Å². The maximum atomic E-state index is 12.6. The van der Waals surface area contributed by atoms with Crippen molar-refractivity contribution >= 4 is 17.2 Å². The summed E-state index contributed by atoms with van der Waals surface area (Å²) in [6, 6.07) is 25.9. The number of benzene rings is 3. The van der Waals surface area contributed by atoms with Gasteiger partial charge in [0.15, 0.2) is 11.5 Å². The molecule has 3 aromatic carbocycles. The van der Waals surface area contributed by atoms with E-state index >= 15 is 0 Å². The molecular weight excluding hydrogens is 442 g/mol. The van der Waals surface area contributed by atoms with E-state index in [0.29, 0.717) is 12.3 Å². The van der Waals surface area contributed by atoms with Crippen LogP contribution >= 0.6 is 11.3 Å². The van der Waals surface area contributed by atoms with Crippen LogP contribution in [0.2, 0.25) is 0 Å². The summed E-state index contributed by atoms with van der Waals surface area (Å²) in [6.45, 7) is 4.51. The highest BCUT2D eigenvalue weighted by molar-refractivity contribution is 7.13. The highest BCUT2D eigenvalue weighted by Crippen LogP contribution is 2.29. The number of aryl methyl sites for hydroxylation is 2. The molecule has 168 valence electrons. The van der Waals surface area contributed by atoms with Crippen LogP contribution < -0.4 is 5.32 Å². The molecule has 0 bridgehead atoms. The van der Waals surface area contributed by atoms with E-state index in [0.717, 1.165) is 38.5 Å². The first-order valence-corrected chi connectivity index (χ1v) is 11.9. The Morgan fingerprint density at radius 1 is 0.882 bits per heavy atom. The number of hydrogen-bond acceptors (Lipinski definition) is 5. The largest absolute Gasteiger partial charge is 0.355 e. The average molecular weight is 466 g/mol.